The third-order valence-electron chi connectivity index (χ3n) is 3.80. The van der Waals surface area contributed by atoms with Crippen molar-refractivity contribution in [2.75, 3.05) is 0 Å². The van der Waals surface area contributed by atoms with E-state index >= 15 is 0 Å². The number of hydrogen-bond donors (Lipinski definition) is 2. The summed E-state index contributed by atoms with van der Waals surface area (Å²) in [4.78, 5) is 15.2. The van der Waals surface area contributed by atoms with Crippen LogP contribution >= 0.6 is 0 Å². The van der Waals surface area contributed by atoms with Crippen molar-refractivity contribution < 1.29 is 28.2 Å². The average molecular weight is 289 g/mol. The molecule has 1 fully saturated rings. The topological polar surface area (TPSA) is 70.4 Å². The van der Waals surface area contributed by atoms with Crippen molar-refractivity contribution in [3.05, 3.63) is 29.6 Å². The molecule has 0 spiro atoms. The lowest BCUT2D eigenvalue weighted by Crippen LogP contribution is -2.41. The van der Waals surface area contributed by atoms with Gasteiger partial charge >= 0.3 is 12.1 Å². The van der Waals surface area contributed by atoms with Gasteiger partial charge in [0.15, 0.2) is 0 Å². The Labute approximate surface area is 113 Å². The first-order valence-electron chi connectivity index (χ1n) is 6.21. The molecule has 110 valence electrons. The second kappa shape index (κ2) is 5.05. The van der Waals surface area contributed by atoms with Crippen molar-refractivity contribution >= 4 is 5.97 Å². The summed E-state index contributed by atoms with van der Waals surface area (Å²) in [5, 5.41) is 18.9. The lowest BCUT2D eigenvalue weighted by atomic mass is 9.70. The van der Waals surface area contributed by atoms with Gasteiger partial charge in [0, 0.05) is 6.20 Å². The van der Waals surface area contributed by atoms with Crippen molar-refractivity contribution in [2.24, 2.45) is 0 Å². The Morgan fingerprint density at radius 1 is 1.30 bits per heavy atom. The molecule has 0 bridgehead atoms. The maximum atomic E-state index is 12.5. The number of aliphatic hydroxyl groups excluding tert-OH is 1. The molecule has 0 atom stereocenters. The van der Waals surface area contributed by atoms with Crippen LogP contribution in [0, 0.1) is 0 Å². The second-order valence-electron chi connectivity index (χ2n) is 5.05. The van der Waals surface area contributed by atoms with Crippen LogP contribution in [0.15, 0.2) is 18.3 Å². The summed E-state index contributed by atoms with van der Waals surface area (Å²) < 4.78 is 37.4. The number of pyridine rings is 1. The number of rotatable bonds is 2. The third-order valence-corrected chi connectivity index (χ3v) is 3.80. The zero-order valence-electron chi connectivity index (χ0n) is 10.5. The zero-order chi connectivity index (χ0) is 15.0. The Balaban J connectivity index is 2.34. The molecule has 4 nitrogen and oxygen atoms in total. The highest BCUT2D eigenvalue weighted by molar-refractivity contribution is 5.80. The van der Waals surface area contributed by atoms with Crippen LogP contribution in [0.5, 0.6) is 0 Å². The summed E-state index contributed by atoms with van der Waals surface area (Å²) >= 11 is 0. The van der Waals surface area contributed by atoms with E-state index in [1.165, 1.54) is 0 Å². The molecule has 7 heteroatoms. The minimum absolute atomic E-state index is 0.116. The molecule has 20 heavy (non-hydrogen) atoms. The predicted molar refractivity (Wildman–Crippen MR) is 63.0 cm³/mol. The highest BCUT2D eigenvalue weighted by Gasteiger charge is 2.44. The van der Waals surface area contributed by atoms with Crippen LogP contribution < -0.4 is 0 Å². The van der Waals surface area contributed by atoms with Crippen molar-refractivity contribution in [2.45, 2.75) is 43.4 Å². The monoisotopic (exact) mass is 289 g/mol. The van der Waals surface area contributed by atoms with Gasteiger partial charge < -0.3 is 10.2 Å². The van der Waals surface area contributed by atoms with E-state index in [0.717, 1.165) is 12.1 Å². The minimum Gasteiger partial charge on any atom is -0.481 e. The fraction of sp³-hybridized carbons (Fsp3) is 0.538. The number of halogens is 3. The van der Waals surface area contributed by atoms with Crippen LogP contribution in [0.3, 0.4) is 0 Å². The van der Waals surface area contributed by atoms with Crippen molar-refractivity contribution in [3.63, 3.8) is 0 Å². The summed E-state index contributed by atoms with van der Waals surface area (Å²) in [5.74, 6) is -1.11. The van der Waals surface area contributed by atoms with Crippen molar-refractivity contribution in [1.29, 1.82) is 0 Å². The zero-order valence-corrected chi connectivity index (χ0v) is 10.5. The Morgan fingerprint density at radius 3 is 2.30 bits per heavy atom. The summed E-state index contributed by atoms with van der Waals surface area (Å²) in [5.41, 5.74) is -2.09. The lowest BCUT2D eigenvalue weighted by Gasteiger charge is -2.34. The fourth-order valence-electron chi connectivity index (χ4n) is 2.52. The van der Waals surface area contributed by atoms with Gasteiger partial charge in [0.25, 0.3) is 0 Å². The molecule has 0 aromatic carbocycles. The molecule has 1 heterocycles. The van der Waals surface area contributed by atoms with Gasteiger partial charge in [-0.25, -0.2) is 0 Å². The van der Waals surface area contributed by atoms with E-state index in [1.807, 2.05) is 0 Å². The number of carboxylic acid groups (broad SMARTS) is 1. The molecule has 1 aromatic rings. The molecule has 0 aliphatic heterocycles. The first-order valence-corrected chi connectivity index (χ1v) is 6.21. The van der Waals surface area contributed by atoms with E-state index in [9.17, 15) is 28.2 Å². The number of carboxylic acids is 1. The van der Waals surface area contributed by atoms with Gasteiger partial charge in [-0.15, -0.1) is 0 Å². The van der Waals surface area contributed by atoms with Gasteiger partial charge in [-0.3, -0.25) is 9.78 Å². The normalized spacial score (nSPS) is 27.3. The maximum absolute atomic E-state index is 12.5. The highest BCUT2D eigenvalue weighted by atomic mass is 19.4. The molecule has 1 aliphatic rings. The quantitative estimate of drug-likeness (QED) is 0.876. The molecule has 0 saturated heterocycles. The number of carbonyl (C=O) groups is 1. The molecule has 0 unspecified atom stereocenters. The van der Waals surface area contributed by atoms with Crippen LogP contribution in [-0.4, -0.2) is 27.3 Å². The number of aliphatic carboxylic acids is 1. The van der Waals surface area contributed by atoms with Gasteiger partial charge in [-0.2, -0.15) is 13.2 Å². The molecule has 2 rings (SSSR count). The van der Waals surface area contributed by atoms with E-state index < -0.39 is 29.2 Å². The van der Waals surface area contributed by atoms with Gasteiger partial charge in [0.05, 0.1) is 17.4 Å². The second-order valence-corrected chi connectivity index (χ2v) is 5.05. The van der Waals surface area contributed by atoms with E-state index in [0.29, 0.717) is 19.0 Å². The van der Waals surface area contributed by atoms with Gasteiger partial charge in [0.2, 0.25) is 0 Å². The largest absolute Gasteiger partial charge is 0.481 e. The summed E-state index contributed by atoms with van der Waals surface area (Å²) in [6.07, 6.45) is -3.46. The van der Waals surface area contributed by atoms with Crippen LogP contribution in [0.25, 0.3) is 0 Å². The van der Waals surface area contributed by atoms with E-state index in [1.54, 1.807) is 0 Å². The van der Waals surface area contributed by atoms with Crippen LogP contribution in [-0.2, 0) is 16.4 Å². The molecule has 0 amide bonds. The van der Waals surface area contributed by atoms with Crippen molar-refractivity contribution in [3.8, 4) is 0 Å². The van der Waals surface area contributed by atoms with Crippen LogP contribution in [0.4, 0.5) is 13.2 Å². The van der Waals surface area contributed by atoms with Crippen LogP contribution in [0.1, 0.15) is 36.9 Å². The Bertz CT molecular complexity index is 491. The fourth-order valence-corrected chi connectivity index (χ4v) is 2.52. The van der Waals surface area contributed by atoms with E-state index in [-0.39, 0.29) is 18.5 Å². The average Bonchev–Trinajstić information content (AvgIpc) is 2.39. The molecular formula is C13H14F3NO3. The number of alkyl halides is 3. The number of aromatic nitrogens is 1. The van der Waals surface area contributed by atoms with Crippen molar-refractivity contribution in [1.82, 2.24) is 4.98 Å². The number of nitrogens with zero attached hydrogens (tertiary/aromatic N) is 1. The Kier molecular flexibility index (Phi) is 3.73. The highest BCUT2D eigenvalue weighted by Crippen LogP contribution is 2.39. The summed E-state index contributed by atoms with van der Waals surface area (Å²) in [7, 11) is 0. The Morgan fingerprint density at radius 2 is 1.90 bits per heavy atom. The lowest BCUT2D eigenvalue weighted by molar-refractivity contribution is -0.146. The molecule has 0 radical (unpaired) electrons. The van der Waals surface area contributed by atoms with Gasteiger partial charge in [0.1, 0.15) is 5.41 Å². The first kappa shape index (κ1) is 14.8. The minimum atomic E-state index is -4.50. The smallest absolute Gasteiger partial charge is 0.417 e. The third kappa shape index (κ3) is 2.63. The molecule has 1 aromatic heterocycles. The summed E-state index contributed by atoms with van der Waals surface area (Å²) in [6, 6.07) is 1.96. The SMILES string of the molecule is O=C(O)C1(c2ccc(C(F)(F)F)cn2)CCC(O)CC1. The van der Waals surface area contributed by atoms with E-state index in [4.69, 9.17) is 0 Å². The maximum Gasteiger partial charge on any atom is 0.417 e. The predicted octanol–water partition coefficient (Wildman–Crippen LogP) is 2.36. The molecule has 1 saturated carbocycles. The van der Waals surface area contributed by atoms with Gasteiger partial charge in [-0.05, 0) is 37.8 Å². The molecular weight excluding hydrogens is 275 g/mol. The van der Waals surface area contributed by atoms with E-state index in [2.05, 4.69) is 4.98 Å². The standard InChI is InChI=1S/C13H14F3NO3/c14-13(15,16)8-1-2-10(17-7-8)12(11(19)20)5-3-9(18)4-6-12/h1-2,7,9,18H,3-6H2,(H,19,20). The number of aliphatic hydroxyl groups is 1. The molecule has 2 N–H and O–H groups in total. The molecule has 1 aliphatic carbocycles. The Hall–Kier alpha value is -1.63. The summed E-state index contributed by atoms with van der Waals surface area (Å²) in [6.45, 7) is 0. The number of hydrogen-bond acceptors (Lipinski definition) is 3. The first-order chi connectivity index (χ1) is 9.25. The van der Waals surface area contributed by atoms with Gasteiger partial charge in [-0.1, -0.05) is 0 Å². The van der Waals surface area contributed by atoms with Crippen LogP contribution in [0.2, 0.25) is 0 Å².